The number of piperidine rings is 1. The molecule has 2 unspecified atom stereocenters. The highest BCUT2D eigenvalue weighted by molar-refractivity contribution is 6.00. The maximum absolute atomic E-state index is 13.7. The van der Waals surface area contributed by atoms with Crippen molar-refractivity contribution in [1.29, 1.82) is 5.26 Å². The number of nitriles is 1. The van der Waals surface area contributed by atoms with Gasteiger partial charge in [-0.1, -0.05) is 0 Å². The summed E-state index contributed by atoms with van der Waals surface area (Å²) in [5.41, 5.74) is 11.5. The van der Waals surface area contributed by atoms with Crippen LogP contribution in [0.4, 0.5) is 11.5 Å². The number of imidazole rings is 1. The molecule has 0 spiro atoms. The lowest BCUT2D eigenvalue weighted by Gasteiger charge is -2.27. The van der Waals surface area contributed by atoms with Gasteiger partial charge in [-0.3, -0.25) is 4.79 Å². The van der Waals surface area contributed by atoms with E-state index >= 15 is 0 Å². The van der Waals surface area contributed by atoms with Gasteiger partial charge in [-0.05, 0) is 80.0 Å². The van der Waals surface area contributed by atoms with Crippen LogP contribution in [0.1, 0.15) is 41.7 Å². The Morgan fingerprint density at radius 1 is 1.14 bits per heavy atom. The summed E-state index contributed by atoms with van der Waals surface area (Å²) in [6.07, 6.45) is 6.07. The number of aromatic nitrogens is 5. The van der Waals surface area contributed by atoms with Crippen molar-refractivity contribution < 1.29 is 9.53 Å². The Labute approximate surface area is 254 Å². The number of pyridine rings is 2. The van der Waals surface area contributed by atoms with E-state index in [1.807, 2.05) is 42.3 Å². The normalized spacial score (nSPS) is 20.9. The van der Waals surface area contributed by atoms with Crippen LogP contribution in [0.2, 0.25) is 0 Å². The Balaban J connectivity index is 1.19. The quantitative estimate of drug-likeness (QED) is 0.282. The number of rotatable bonds is 7. The number of likely N-dealkylation sites (tertiary alicyclic amines) is 1. The minimum absolute atomic E-state index is 0.00964. The van der Waals surface area contributed by atoms with E-state index in [2.05, 4.69) is 31.6 Å². The van der Waals surface area contributed by atoms with Gasteiger partial charge in [0.25, 0.3) is 5.91 Å². The predicted molar refractivity (Wildman–Crippen MR) is 166 cm³/mol. The molecular weight excluding hydrogens is 554 g/mol. The van der Waals surface area contributed by atoms with Gasteiger partial charge in [-0.2, -0.15) is 5.26 Å². The van der Waals surface area contributed by atoms with Crippen LogP contribution >= 0.6 is 0 Å². The van der Waals surface area contributed by atoms with Crippen LogP contribution in [-0.2, 0) is 13.6 Å². The standard InChI is InChI=1S/C33H33N9O2/c1-40-30-24(11-21(13-27(30)44-2)33(43)42-17-20-5-9-25(42)29(20)35)38-32(40)26-12-19-6-10-28(37-23-8-7-22(14-34)36-15-23)39-31(19)41(26)16-18-3-4-18/h6-8,10-13,15,18,20,25,29H,3-5,9,16-17,35H2,1-2H3,(H,37,39)/t20?,25?,29-/m1/s1. The van der Waals surface area contributed by atoms with E-state index in [0.717, 1.165) is 53.1 Å². The molecule has 1 aromatic carbocycles. The second-order valence-corrected chi connectivity index (χ2v) is 12.3. The minimum atomic E-state index is -0.00964. The number of amides is 1. The Bertz CT molecular complexity index is 1980. The van der Waals surface area contributed by atoms with Crippen molar-refractivity contribution >= 4 is 39.5 Å². The number of nitrogens with zero attached hydrogens (tertiary/aromatic N) is 7. The summed E-state index contributed by atoms with van der Waals surface area (Å²) >= 11 is 0. The molecule has 3 atom stereocenters. The maximum atomic E-state index is 13.7. The number of carbonyl (C=O) groups is 1. The summed E-state index contributed by atoms with van der Waals surface area (Å²) < 4.78 is 10.2. The molecule has 4 aromatic heterocycles. The third-order valence-electron chi connectivity index (χ3n) is 9.58. The molecule has 1 amide bonds. The van der Waals surface area contributed by atoms with Crippen molar-refractivity contribution in [2.75, 3.05) is 19.0 Å². The number of hydrogen-bond acceptors (Lipinski definition) is 8. The van der Waals surface area contributed by atoms with E-state index < -0.39 is 0 Å². The van der Waals surface area contributed by atoms with E-state index in [4.69, 9.17) is 25.7 Å². The smallest absolute Gasteiger partial charge is 0.254 e. The second kappa shape index (κ2) is 10.1. The van der Waals surface area contributed by atoms with Gasteiger partial charge in [-0.15, -0.1) is 0 Å². The van der Waals surface area contributed by atoms with Gasteiger partial charge < -0.3 is 29.8 Å². The zero-order valence-electron chi connectivity index (χ0n) is 24.7. The molecule has 3 N–H and O–H groups in total. The van der Waals surface area contributed by atoms with E-state index in [9.17, 15) is 4.79 Å². The monoisotopic (exact) mass is 587 g/mol. The predicted octanol–water partition coefficient (Wildman–Crippen LogP) is 4.58. The minimum Gasteiger partial charge on any atom is -0.494 e. The Morgan fingerprint density at radius 2 is 2.00 bits per heavy atom. The topological polar surface area (TPSA) is 140 Å². The molecule has 0 radical (unpaired) electrons. The fourth-order valence-electron chi connectivity index (χ4n) is 7.07. The van der Waals surface area contributed by atoms with E-state index in [1.54, 1.807) is 19.4 Å². The first-order valence-electron chi connectivity index (χ1n) is 15.2. The second-order valence-electron chi connectivity index (χ2n) is 12.3. The van der Waals surface area contributed by atoms with Crippen molar-refractivity contribution in [3.8, 4) is 23.3 Å². The van der Waals surface area contributed by atoms with Crippen LogP contribution in [0.15, 0.2) is 48.7 Å². The van der Waals surface area contributed by atoms with Crippen molar-refractivity contribution in [2.24, 2.45) is 24.6 Å². The summed E-state index contributed by atoms with van der Waals surface area (Å²) in [6.45, 7) is 1.56. The molecule has 5 aromatic rings. The number of nitrogens with two attached hydrogens (primary N) is 1. The molecule has 1 saturated heterocycles. The molecular formula is C33H33N9O2. The van der Waals surface area contributed by atoms with Gasteiger partial charge in [0.15, 0.2) is 5.82 Å². The number of fused-ring (bicyclic) bond motifs is 4. The first kappa shape index (κ1) is 26.7. The van der Waals surface area contributed by atoms with Gasteiger partial charge in [0, 0.05) is 43.2 Å². The summed E-state index contributed by atoms with van der Waals surface area (Å²) in [5.74, 6) is 3.07. The first-order valence-corrected chi connectivity index (χ1v) is 15.2. The zero-order valence-corrected chi connectivity index (χ0v) is 24.7. The largest absolute Gasteiger partial charge is 0.494 e. The summed E-state index contributed by atoms with van der Waals surface area (Å²) in [4.78, 5) is 29.9. The average Bonchev–Trinajstić information content (AvgIpc) is 3.45. The molecule has 5 heterocycles. The molecule has 11 nitrogen and oxygen atoms in total. The number of ether oxygens (including phenoxy) is 1. The first-order chi connectivity index (χ1) is 21.4. The molecule has 44 heavy (non-hydrogen) atoms. The molecule has 3 aliphatic rings. The summed E-state index contributed by atoms with van der Waals surface area (Å²) in [7, 11) is 3.62. The molecule has 2 saturated carbocycles. The number of anilines is 2. The number of hydrogen-bond donors (Lipinski definition) is 2. The zero-order chi connectivity index (χ0) is 30.1. The molecule has 2 aliphatic carbocycles. The molecule has 8 rings (SSSR count). The lowest BCUT2D eigenvalue weighted by molar-refractivity contribution is 0.0700. The molecule has 3 fully saturated rings. The highest BCUT2D eigenvalue weighted by atomic mass is 16.5. The van der Waals surface area contributed by atoms with Crippen LogP contribution in [0.25, 0.3) is 33.6 Å². The third-order valence-corrected chi connectivity index (χ3v) is 9.58. The lowest BCUT2D eigenvalue weighted by atomic mass is 10.1. The molecule has 222 valence electrons. The van der Waals surface area contributed by atoms with Crippen molar-refractivity contribution in [1.82, 2.24) is 29.0 Å². The van der Waals surface area contributed by atoms with E-state index in [0.29, 0.717) is 46.7 Å². The number of nitrogens with one attached hydrogen (secondary N) is 1. The molecule has 11 heteroatoms. The lowest BCUT2D eigenvalue weighted by Crippen LogP contribution is -2.41. The molecule has 1 aliphatic heterocycles. The van der Waals surface area contributed by atoms with E-state index in [1.165, 1.54) is 12.8 Å². The van der Waals surface area contributed by atoms with Crippen LogP contribution in [-0.4, -0.2) is 60.6 Å². The fourth-order valence-corrected chi connectivity index (χ4v) is 7.07. The van der Waals surface area contributed by atoms with Gasteiger partial charge >= 0.3 is 0 Å². The summed E-state index contributed by atoms with van der Waals surface area (Å²) in [5, 5.41) is 13.4. The fraction of sp³-hybridized carbons (Fsp3) is 0.364. The van der Waals surface area contributed by atoms with Crippen LogP contribution in [0, 0.1) is 23.2 Å². The number of benzene rings is 1. The van der Waals surface area contributed by atoms with Crippen LogP contribution in [0.3, 0.4) is 0 Å². The number of methoxy groups -OCH3 is 1. The van der Waals surface area contributed by atoms with Gasteiger partial charge in [-0.25, -0.2) is 15.0 Å². The maximum Gasteiger partial charge on any atom is 0.254 e. The number of aryl methyl sites for hydroxylation is 1. The highest BCUT2D eigenvalue weighted by Crippen LogP contribution is 2.40. The highest BCUT2D eigenvalue weighted by Gasteiger charge is 2.47. The van der Waals surface area contributed by atoms with Crippen molar-refractivity contribution in [3.05, 3.63) is 59.9 Å². The van der Waals surface area contributed by atoms with Gasteiger partial charge in [0.2, 0.25) is 0 Å². The van der Waals surface area contributed by atoms with Crippen LogP contribution < -0.4 is 15.8 Å². The molecule has 2 bridgehead atoms. The Kier molecular flexibility index (Phi) is 6.10. The van der Waals surface area contributed by atoms with Crippen molar-refractivity contribution in [3.63, 3.8) is 0 Å². The SMILES string of the molecule is COc1cc(C(=O)N2CC3CCC2[C@@H]3N)cc2nc(-c3cc4ccc(Nc5ccc(C#N)nc5)nc4n3CC3CC3)n(C)c12. The Hall–Kier alpha value is -4.95. The van der Waals surface area contributed by atoms with Gasteiger partial charge in [0.05, 0.1) is 30.2 Å². The number of carbonyl (C=O) groups excluding carboxylic acids is 1. The summed E-state index contributed by atoms with van der Waals surface area (Å²) in [6, 6.07) is 15.6. The Morgan fingerprint density at radius 3 is 2.68 bits per heavy atom. The van der Waals surface area contributed by atoms with Crippen LogP contribution in [0.5, 0.6) is 5.75 Å². The third kappa shape index (κ3) is 4.28. The van der Waals surface area contributed by atoms with Crippen molar-refractivity contribution in [2.45, 2.75) is 44.3 Å². The average molecular weight is 588 g/mol. The van der Waals surface area contributed by atoms with Gasteiger partial charge in [0.1, 0.15) is 34.5 Å². The van der Waals surface area contributed by atoms with E-state index in [-0.39, 0.29) is 18.0 Å².